The normalized spacial score (nSPS) is 10.1. The van der Waals surface area contributed by atoms with Crippen molar-refractivity contribution in [1.82, 2.24) is 9.97 Å². The molecule has 0 amide bonds. The molecule has 0 aliphatic rings. The van der Waals surface area contributed by atoms with Crippen molar-refractivity contribution in [3.05, 3.63) is 54.0 Å². The van der Waals surface area contributed by atoms with Gasteiger partial charge < -0.3 is 10.6 Å². The van der Waals surface area contributed by atoms with Gasteiger partial charge in [0, 0.05) is 37.7 Å². The highest BCUT2D eigenvalue weighted by molar-refractivity contribution is 5.94. The number of nitrogen functional groups attached to an aromatic ring is 1. The van der Waals surface area contributed by atoms with Crippen molar-refractivity contribution in [2.45, 2.75) is 6.54 Å². The number of rotatable bonds is 4. The van der Waals surface area contributed by atoms with Gasteiger partial charge in [-0.1, -0.05) is 0 Å². The molecule has 3 N–H and O–H groups in total. The molecule has 2 aromatic heterocycles. The molecule has 0 aromatic carbocycles. The maximum Gasteiger partial charge on any atom is 0.128 e. The van der Waals surface area contributed by atoms with Crippen molar-refractivity contribution in [3.8, 4) is 0 Å². The van der Waals surface area contributed by atoms with Gasteiger partial charge in [0.05, 0.1) is 0 Å². The van der Waals surface area contributed by atoms with Gasteiger partial charge in [-0.05, 0) is 29.8 Å². The number of nitrogens with one attached hydrogen (secondary N) is 1. The number of anilines is 1. The molecule has 0 saturated heterocycles. The van der Waals surface area contributed by atoms with Crippen LogP contribution in [0, 0.1) is 5.41 Å². The van der Waals surface area contributed by atoms with Crippen LogP contribution in [0.5, 0.6) is 0 Å². The number of aromatic nitrogens is 2. The van der Waals surface area contributed by atoms with Crippen LogP contribution in [-0.2, 0) is 6.54 Å². The highest BCUT2D eigenvalue weighted by atomic mass is 15.2. The van der Waals surface area contributed by atoms with Crippen molar-refractivity contribution < 1.29 is 0 Å². The third-order valence-corrected chi connectivity index (χ3v) is 2.62. The van der Waals surface area contributed by atoms with Crippen LogP contribution in [0.25, 0.3) is 0 Å². The maximum atomic E-state index is 7.31. The fraction of sp³-hybridized carbons (Fsp3) is 0.154. The molecule has 0 spiro atoms. The van der Waals surface area contributed by atoms with Crippen molar-refractivity contribution in [3.63, 3.8) is 0 Å². The van der Waals surface area contributed by atoms with E-state index in [1.165, 1.54) is 5.56 Å². The predicted octanol–water partition coefficient (Wildman–Crippen LogP) is 1.40. The molecular formula is C13H15N5. The van der Waals surface area contributed by atoms with Crippen LogP contribution in [0.2, 0.25) is 0 Å². The molecule has 0 aliphatic heterocycles. The summed E-state index contributed by atoms with van der Waals surface area (Å²) < 4.78 is 0. The Balaban J connectivity index is 2.09. The van der Waals surface area contributed by atoms with E-state index in [-0.39, 0.29) is 5.84 Å². The first-order chi connectivity index (χ1) is 8.66. The summed E-state index contributed by atoms with van der Waals surface area (Å²) in [6.45, 7) is 0.759. The number of nitrogens with zero attached hydrogens (tertiary/aromatic N) is 3. The molecule has 0 radical (unpaired) electrons. The van der Waals surface area contributed by atoms with Crippen LogP contribution in [0.15, 0.2) is 42.9 Å². The summed E-state index contributed by atoms with van der Waals surface area (Å²) in [5.41, 5.74) is 7.19. The molecule has 0 saturated carbocycles. The Labute approximate surface area is 106 Å². The SMILES string of the molecule is CN(Cc1ccncc1)c1ccc(C(=N)N)cn1. The standard InChI is InChI=1S/C13H15N5/c1-18(9-10-4-6-16-7-5-10)12-3-2-11(8-17-12)13(14)15/h2-8H,9H2,1H3,(H3,14,15). The number of pyridine rings is 2. The lowest BCUT2D eigenvalue weighted by atomic mass is 10.2. The number of amidine groups is 1. The van der Waals surface area contributed by atoms with Gasteiger partial charge in [0.25, 0.3) is 0 Å². The predicted molar refractivity (Wildman–Crippen MR) is 71.6 cm³/mol. The van der Waals surface area contributed by atoms with Gasteiger partial charge in [-0.3, -0.25) is 10.4 Å². The van der Waals surface area contributed by atoms with Crippen LogP contribution < -0.4 is 10.6 Å². The minimum absolute atomic E-state index is 0.0332. The summed E-state index contributed by atoms with van der Waals surface area (Å²) in [4.78, 5) is 10.3. The third kappa shape index (κ3) is 2.82. The first kappa shape index (κ1) is 12.0. The second-order valence-corrected chi connectivity index (χ2v) is 4.03. The first-order valence-electron chi connectivity index (χ1n) is 5.57. The highest BCUT2D eigenvalue weighted by Crippen LogP contribution is 2.12. The van der Waals surface area contributed by atoms with Crippen molar-refractivity contribution in [2.24, 2.45) is 5.73 Å². The van der Waals surface area contributed by atoms with Gasteiger partial charge in [-0.25, -0.2) is 4.98 Å². The molecule has 92 valence electrons. The van der Waals surface area contributed by atoms with Crippen LogP contribution >= 0.6 is 0 Å². The quantitative estimate of drug-likeness (QED) is 0.626. The Kier molecular flexibility index (Phi) is 3.52. The Bertz CT molecular complexity index is 521. The lowest BCUT2D eigenvalue weighted by Crippen LogP contribution is -2.18. The summed E-state index contributed by atoms with van der Waals surface area (Å²) in [7, 11) is 1.97. The average Bonchev–Trinajstić information content (AvgIpc) is 2.40. The lowest BCUT2D eigenvalue weighted by Gasteiger charge is -2.18. The van der Waals surface area contributed by atoms with Crippen LogP contribution in [-0.4, -0.2) is 22.9 Å². The van der Waals surface area contributed by atoms with E-state index in [4.69, 9.17) is 11.1 Å². The zero-order chi connectivity index (χ0) is 13.0. The van der Waals surface area contributed by atoms with Crippen molar-refractivity contribution in [2.75, 3.05) is 11.9 Å². The second kappa shape index (κ2) is 5.27. The first-order valence-corrected chi connectivity index (χ1v) is 5.57. The van der Waals surface area contributed by atoms with Gasteiger partial charge in [-0.15, -0.1) is 0 Å². The highest BCUT2D eigenvalue weighted by Gasteiger charge is 2.04. The molecule has 2 heterocycles. The van der Waals surface area contributed by atoms with E-state index in [9.17, 15) is 0 Å². The van der Waals surface area contributed by atoms with Gasteiger partial charge >= 0.3 is 0 Å². The number of hydrogen-bond donors (Lipinski definition) is 2. The lowest BCUT2D eigenvalue weighted by molar-refractivity contribution is 0.895. The fourth-order valence-electron chi connectivity index (χ4n) is 1.61. The molecule has 0 fully saturated rings. The Morgan fingerprint density at radius 2 is 2.00 bits per heavy atom. The zero-order valence-corrected chi connectivity index (χ0v) is 10.2. The Morgan fingerprint density at radius 3 is 2.56 bits per heavy atom. The summed E-state index contributed by atoms with van der Waals surface area (Å²) >= 11 is 0. The molecule has 5 nitrogen and oxygen atoms in total. The summed E-state index contributed by atoms with van der Waals surface area (Å²) in [6.07, 6.45) is 5.16. The molecule has 2 rings (SSSR count). The molecular weight excluding hydrogens is 226 g/mol. The van der Waals surface area contributed by atoms with Crippen LogP contribution in [0.3, 0.4) is 0 Å². The second-order valence-electron chi connectivity index (χ2n) is 4.03. The minimum Gasteiger partial charge on any atom is -0.384 e. The van der Waals surface area contributed by atoms with Gasteiger partial charge in [0.15, 0.2) is 0 Å². The average molecular weight is 241 g/mol. The van der Waals surface area contributed by atoms with E-state index in [1.807, 2.05) is 30.1 Å². The minimum atomic E-state index is 0.0332. The molecule has 0 aliphatic carbocycles. The Hall–Kier alpha value is -2.43. The number of nitrogens with two attached hydrogens (primary N) is 1. The van der Waals surface area contributed by atoms with E-state index in [0.717, 1.165) is 12.4 Å². The maximum absolute atomic E-state index is 7.31. The molecule has 0 unspecified atom stereocenters. The summed E-state index contributed by atoms with van der Waals surface area (Å²) in [5.74, 6) is 0.877. The van der Waals surface area contributed by atoms with Crippen LogP contribution in [0.4, 0.5) is 5.82 Å². The largest absolute Gasteiger partial charge is 0.384 e. The van der Waals surface area contributed by atoms with Gasteiger partial charge in [0.2, 0.25) is 0 Å². The van der Waals surface area contributed by atoms with Crippen LogP contribution in [0.1, 0.15) is 11.1 Å². The van der Waals surface area contributed by atoms with E-state index in [1.54, 1.807) is 24.7 Å². The topological polar surface area (TPSA) is 78.9 Å². The molecule has 2 aromatic rings. The monoisotopic (exact) mass is 241 g/mol. The fourth-order valence-corrected chi connectivity index (χ4v) is 1.61. The van der Waals surface area contributed by atoms with E-state index in [0.29, 0.717) is 5.56 Å². The van der Waals surface area contributed by atoms with Gasteiger partial charge in [-0.2, -0.15) is 0 Å². The summed E-state index contributed by atoms with van der Waals surface area (Å²) in [6, 6.07) is 7.60. The third-order valence-electron chi connectivity index (χ3n) is 2.62. The molecule has 0 bridgehead atoms. The smallest absolute Gasteiger partial charge is 0.128 e. The zero-order valence-electron chi connectivity index (χ0n) is 10.2. The van der Waals surface area contributed by atoms with E-state index >= 15 is 0 Å². The van der Waals surface area contributed by atoms with Crippen molar-refractivity contribution >= 4 is 11.7 Å². The molecule has 18 heavy (non-hydrogen) atoms. The number of hydrogen-bond acceptors (Lipinski definition) is 4. The van der Waals surface area contributed by atoms with Gasteiger partial charge in [0.1, 0.15) is 11.7 Å². The summed E-state index contributed by atoms with van der Waals surface area (Å²) in [5, 5.41) is 7.31. The molecule has 5 heteroatoms. The Morgan fingerprint density at radius 1 is 1.28 bits per heavy atom. The van der Waals surface area contributed by atoms with E-state index in [2.05, 4.69) is 9.97 Å². The van der Waals surface area contributed by atoms with E-state index < -0.39 is 0 Å². The molecule has 0 atom stereocenters. The van der Waals surface area contributed by atoms with Crippen molar-refractivity contribution in [1.29, 1.82) is 5.41 Å².